The molecule has 5 N–H and O–H groups in total. The first kappa shape index (κ1) is 32.2. The number of furan rings is 1. The number of nitrogens with zero attached hydrogens (tertiary/aromatic N) is 1. The van der Waals surface area contributed by atoms with Crippen molar-refractivity contribution in [1.82, 2.24) is 26.3 Å². The zero-order chi connectivity index (χ0) is 32.6. The zero-order valence-electron chi connectivity index (χ0n) is 25.6. The number of hydrogen-bond donors (Lipinski definition) is 5. The Labute approximate surface area is 266 Å². The normalized spacial score (nSPS) is 20.2. The third-order valence-electron chi connectivity index (χ3n) is 7.71. The highest BCUT2D eigenvalue weighted by molar-refractivity contribution is 5.97. The number of nitrogens with one attached hydrogen (secondary N) is 4. The van der Waals surface area contributed by atoms with Crippen LogP contribution in [0.4, 0.5) is 0 Å². The molecule has 240 valence electrons. The Morgan fingerprint density at radius 1 is 1.00 bits per heavy atom. The maximum absolute atomic E-state index is 13.8. The number of aryl methyl sites for hydroxylation is 1. The van der Waals surface area contributed by atoms with Crippen molar-refractivity contribution in [1.29, 1.82) is 0 Å². The van der Waals surface area contributed by atoms with Gasteiger partial charge < -0.3 is 35.2 Å². The van der Waals surface area contributed by atoms with Gasteiger partial charge in [0.25, 0.3) is 11.8 Å². The van der Waals surface area contributed by atoms with E-state index in [-0.39, 0.29) is 36.7 Å². The van der Waals surface area contributed by atoms with Crippen LogP contribution in [0.1, 0.15) is 70.3 Å². The summed E-state index contributed by atoms with van der Waals surface area (Å²) in [6, 6.07) is 17.3. The topological polar surface area (TPSA) is 176 Å². The minimum absolute atomic E-state index is 0.0520. The molecule has 0 spiro atoms. The van der Waals surface area contributed by atoms with E-state index < -0.39 is 47.9 Å². The van der Waals surface area contributed by atoms with E-state index in [0.29, 0.717) is 18.6 Å². The van der Waals surface area contributed by atoms with Crippen molar-refractivity contribution < 1.29 is 33.1 Å². The molecule has 12 nitrogen and oxygen atoms in total. The summed E-state index contributed by atoms with van der Waals surface area (Å²) < 4.78 is 11.5. The lowest BCUT2D eigenvalue weighted by Gasteiger charge is -2.23. The first-order chi connectivity index (χ1) is 22.2. The average molecular weight is 628 g/mol. The predicted molar refractivity (Wildman–Crippen MR) is 167 cm³/mol. The molecule has 2 bridgehead atoms. The van der Waals surface area contributed by atoms with Crippen molar-refractivity contribution in [3.05, 3.63) is 101 Å². The Balaban J connectivity index is 1.40. The van der Waals surface area contributed by atoms with Crippen molar-refractivity contribution in [2.75, 3.05) is 6.54 Å². The maximum atomic E-state index is 13.8. The first-order valence-electron chi connectivity index (χ1n) is 15.2. The largest absolute Gasteiger partial charge is 0.451 e. The van der Waals surface area contributed by atoms with E-state index in [1.807, 2.05) is 61.5 Å². The molecular formula is C34H37N5O7. The van der Waals surface area contributed by atoms with Crippen molar-refractivity contribution in [3.63, 3.8) is 0 Å². The van der Waals surface area contributed by atoms with Crippen LogP contribution in [-0.2, 0) is 16.0 Å². The Kier molecular flexibility index (Phi) is 10.3. The fourth-order valence-electron chi connectivity index (χ4n) is 5.12. The van der Waals surface area contributed by atoms with Crippen LogP contribution >= 0.6 is 0 Å². The van der Waals surface area contributed by atoms with Crippen LogP contribution in [0.3, 0.4) is 0 Å². The number of fused-ring (bicyclic) bond motifs is 2. The Morgan fingerprint density at radius 2 is 1.76 bits per heavy atom. The molecule has 0 fully saturated rings. The van der Waals surface area contributed by atoms with E-state index in [1.54, 1.807) is 12.1 Å². The number of carbonyl (C=O) groups excluding carboxylic acids is 4. The first-order valence-corrected chi connectivity index (χ1v) is 15.2. The van der Waals surface area contributed by atoms with Gasteiger partial charge in [-0.2, -0.15) is 0 Å². The highest BCUT2D eigenvalue weighted by Gasteiger charge is 2.31. The Bertz CT molecular complexity index is 1660. The average Bonchev–Trinajstić information content (AvgIpc) is 3.74. The number of aromatic nitrogens is 1. The monoisotopic (exact) mass is 627 g/mol. The fraction of sp³-hybridized carbons (Fsp3) is 0.324. The number of hydrogen-bond acceptors (Lipinski definition) is 8. The number of rotatable bonds is 6. The van der Waals surface area contributed by atoms with Gasteiger partial charge in [-0.05, 0) is 50.8 Å². The van der Waals surface area contributed by atoms with Crippen molar-refractivity contribution >= 4 is 23.6 Å². The molecular weight excluding hydrogens is 590 g/mol. The number of amides is 4. The number of aliphatic hydroxyl groups is 1. The quantitative estimate of drug-likeness (QED) is 0.217. The van der Waals surface area contributed by atoms with E-state index in [2.05, 4.69) is 26.3 Å². The molecule has 0 radical (unpaired) electrons. The van der Waals surface area contributed by atoms with Crippen LogP contribution in [0.15, 0.2) is 81.8 Å². The lowest BCUT2D eigenvalue weighted by molar-refractivity contribution is -0.125. The van der Waals surface area contributed by atoms with Gasteiger partial charge in [-0.3, -0.25) is 19.2 Å². The van der Waals surface area contributed by atoms with E-state index in [0.717, 1.165) is 23.0 Å². The standard InChI is InChI=1S/C34H37N5O7/c1-20-11-13-23(14-12-20)27-15-16-28(46-27)32(43)36-24-10-6-7-17-35-33(44)29(21(2)40)39-31(42)26-19-45-34(38-26)25(37-30(24)41)18-22-8-4-3-5-9-22/h3-5,8-9,11-16,19,21,24-25,29,40H,6-7,10,17-18H2,1-2H3,(H,35,44)(H,36,43)(H,37,41)(H,39,42)/t21-,24+,25+,29+/m1/s1. The number of carbonyl (C=O) groups is 4. The zero-order valence-corrected chi connectivity index (χ0v) is 25.6. The third kappa shape index (κ3) is 8.07. The van der Waals surface area contributed by atoms with Gasteiger partial charge in [0.2, 0.25) is 17.7 Å². The van der Waals surface area contributed by atoms with Crippen LogP contribution in [0, 0.1) is 6.92 Å². The highest BCUT2D eigenvalue weighted by Crippen LogP contribution is 2.23. The summed E-state index contributed by atoms with van der Waals surface area (Å²) in [7, 11) is 0. The van der Waals surface area contributed by atoms with E-state index >= 15 is 0 Å². The molecule has 46 heavy (non-hydrogen) atoms. The van der Waals surface area contributed by atoms with Crippen LogP contribution in [0.25, 0.3) is 11.3 Å². The van der Waals surface area contributed by atoms with Gasteiger partial charge in [-0.25, -0.2) is 4.98 Å². The SMILES string of the molecule is Cc1ccc(-c2ccc(C(=O)N[C@H]3CCCCNC(=O)[C@H]([C@@H](C)O)NC(=O)c4coc(n4)[C@H](Cc4ccccc4)NC3=O)o2)cc1. The van der Waals surface area contributed by atoms with Crippen LogP contribution < -0.4 is 21.3 Å². The minimum atomic E-state index is -1.22. The predicted octanol–water partition coefficient (Wildman–Crippen LogP) is 3.22. The summed E-state index contributed by atoms with van der Waals surface area (Å²) in [6.45, 7) is 3.61. The summed E-state index contributed by atoms with van der Waals surface area (Å²) in [5.41, 5.74) is 2.66. The number of aliphatic hydroxyl groups excluding tert-OH is 1. The molecule has 0 saturated heterocycles. The van der Waals surface area contributed by atoms with Gasteiger partial charge in [-0.1, -0.05) is 60.2 Å². The Morgan fingerprint density at radius 3 is 2.50 bits per heavy atom. The summed E-state index contributed by atoms with van der Waals surface area (Å²) >= 11 is 0. The van der Waals surface area contributed by atoms with Crippen LogP contribution in [-0.4, -0.2) is 58.5 Å². The van der Waals surface area contributed by atoms with Gasteiger partial charge in [0.05, 0.1) is 6.10 Å². The smallest absolute Gasteiger partial charge is 0.287 e. The van der Waals surface area contributed by atoms with Crippen molar-refractivity contribution in [3.8, 4) is 11.3 Å². The number of benzene rings is 2. The molecule has 12 heteroatoms. The van der Waals surface area contributed by atoms with Gasteiger partial charge >= 0.3 is 0 Å². The minimum Gasteiger partial charge on any atom is -0.451 e. The molecule has 4 atom stereocenters. The lowest BCUT2D eigenvalue weighted by atomic mass is 10.0. The molecule has 2 aromatic carbocycles. The third-order valence-corrected chi connectivity index (χ3v) is 7.71. The number of oxazole rings is 1. The van der Waals surface area contributed by atoms with Crippen LogP contribution in [0.5, 0.6) is 0 Å². The molecule has 3 heterocycles. The highest BCUT2D eigenvalue weighted by atomic mass is 16.4. The Hall–Kier alpha value is -5.23. The van der Waals surface area contributed by atoms with E-state index in [9.17, 15) is 24.3 Å². The van der Waals surface area contributed by atoms with E-state index in [1.165, 1.54) is 6.92 Å². The van der Waals surface area contributed by atoms with Crippen molar-refractivity contribution in [2.45, 2.75) is 63.8 Å². The molecule has 0 aliphatic carbocycles. The summed E-state index contributed by atoms with van der Waals surface area (Å²) in [6.07, 6.45) is 1.43. The molecule has 5 rings (SSSR count). The van der Waals surface area contributed by atoms with Crippen molar-refractivity contribution in [2.24, 2.45) is 0 Å². The molecule has 0 saturated carbocycles. The summed E-state index contributed by atoms with van der Waals surface area (Å²) in [5, 5.41) is 21.2. The van der Waals surface area contributed by atoms with E-state index in [4.69, 9.17) is 8.83 Å². The molecule has 1 aliphatic heterocycles. The second-order valence-corrected chi connectivity index (χ2v) is 11.4. The van der Waals surface area contributed by atoms with Gasteiger partial charge in [0, 0.05) is 18.5 Å². The summed E-state index contributed by atoms with van der Waals surface area (Å²) in [5.74, 6) is -1.69. The van der Waals surface area contributed by atoms with Crippen LogP contribution in [0.2, 0.25) is 0 Å². The second kappa shape index (κ2) is 14.7. The lowest BCUT2D eigenvalue weighted by Crippen LogP contribution is -2.52. The maximum Gasteiger partial charge on any atom is 0.287 e. The molecule has 4 amide bonds. The molecule has 1 aliphatic rings. The second-order valence-electron chi connectivity index (χ2n) is 11.4. The fourth-order valence-corrected chi connectivity index (χ4v) is 5.12. The van der Waals surface area contributed by atoms with Gasteiger partial charge in [0.1, 0.15) is 30.1 Å². The molecule has 2 aromatic heterocycles. The molecule has 0 unspecified atom stereocenters. The van der Waals surface area contributed by atoms with Gasteiger partial charge in [0.15, 0.2) is 11.5 Å². The summed E-state index contributed by atoms with van der Waals surface area (Å²) in [4.78, 5) is 57.2. The molecule has 4 aromatic rings. The van der Waals surface area contributed by atoms with Gasteiger partial charge in [-0.15, -0.1) is 0 Å².